The second-order valence-electron chi connectivity index (χ2n) is 3.65. The van der Waals surface area contributed by atoms with Gasteiger partial charge in [-0.25, -0.2) is 4.79 Å². The molecule has 0 aliphatic rings. The zero-order valence-corrected chi connectivity index (χ0v) is 9.55. The van der Waals surface area contributed by atoms with Crippen molar-refractivity contribution in [3.63, 3.8) is 0 Å². The van der Waals surface area contributed by atoms with Crippen molar-refractivity contribution in [1.29, 1.82) is 0 Å². The van der Waals surface area contributed by atoms with Crippen molar-refractivity contribution >= 4 is 11.8 Å². The van der Waals surface area contributed by atoms with Crippen molar-refractivity contribution in [3.05, 3.63) is 0 Å². The Morgan fingerprint density at radius 3 is 1.79 bits per heavy atom. The fourth-order valence-electron chi connectivity index (χ4n) is 1.65. The van der Waals surface area contributed by atoms with Gasteiger partial charge in [0.05, 0.1) is 7.11 Å². The van der Waals surface area contributed by atoms with E-state index in [0.29, 0.717) is 6.42 Å². The molecule has 0 aromatic carbocycles. The maximum Gasteiger partial charge on any atom is 0.374 e. The fraction of sp³-hybridized carbons (Fsp3) is 0.818. The smallest absolute Gasteiger partial charge is 0.374 e. The van der Waals surface area contributed by atoms with Crippen molar-refractivity contribution in [2.45, 2.75) is 46.5 Å². The average Bonchev–Trinajstić information content (AvgIpc) is 2.24. The first-order valence-electron chi connectivity index (χ1n) is 5.16. The Kier molecular flexibility index (Phi) is 5.43. The quantitative estimate of drug-likeness (QED) is 0.488. The van der Waals surface area contributed by atoms with E-state index < -0.39 is 11.8 Å². The molecule has 0 atom stereocenters. The predicted molar refractivity (Wildman–Crippen MR) is 54.9 cm³/mol. The van der Waals surface area contributed by atoms with Crippen LogP contribution in [0.4, 0.5) is 0 Å². The Bertz CT molecular complexity index is 196. The number of Topliss-reactive ketones (excluding diaryl/α,β-unsaturated/α-hetero) is 1. The normalized spacial score (nSPS) is 11.1. The Balaban J connectivity index is 4.44. The number of ketones is 1. The van der Waals surface area contributed by atoms with Gasteiger partial charge in [0.15, 0.2) is 0 Å². The number of methoxy groups -OCH3 is 1. The molecule has 0 aliphatic heterocycles. The van der Waals surface area contributed by atoms with Crippen LogP contribution in [-0.4, -0.2) is 18.9 Å². The van der Waals surface area contributed by atoms with E-state index in [4.69, 9.17) is 0 Å². The van der Waals surface area contributed by atoms with Gasteiger partial charge in [-0.05, 0) is 5.41 Å². The highest BCUT2D eigenvalue weighted by molar-refractivity contribution is 6.33. The zero-order chi connectivity index (χ0) is 11.2. The molecule has 0 radical (unpaired) electrons. The summed E-state index contributed by atoms with van der Waals surface area (Å²) in [5.74, 6) is -1.12. The van der Waals surface area contributed by atoms with E-state index in [1.54, 1.807) is 0 Å². The lowest BCUT2D eigenvalue weighted by atomic mass is 9.76. The fourth-order valence-corrected chi connectivity index (χ4v) is 1.65. The first kappa shape index (κ1) is 13.1. The number of ether oxygens (including phenoxy) is 1. The largest absolute Gasteiger partial charge is 0.463 e. The highest BCUT2D eigenvalue weighted by Crippen LogP contribution is 2.34. The van der Waals surface area contributed by atoms with E-state index in [9.17, 15) is 9.59 Å². The Hall–Kier alpha value is -0.860. The van der Waals surface area contributed by atoms with Crippen LogP contribution < -0.4 is 0 Å². The lowest BCUT2D eigenvalue weighted by Gasteiger charge is -2.28. The molecule has 0 bridgehead atoms. The first-order valence-corrected chi connectivity index (χ1v) is 5.16. The molecular weight excluding hydrogens is 180 g/mol. The Morgan fingerprint density at radius 2 is 1.50 bits per heavy atom. The van der Waals surface area contributed by atoms with Gasteiger partial charge in [0.2, 0.25) is 5.78 Å². The van der Waals surface area contributed by atoms with Gasteiger partial charge < -0.3 is 4.74 Å². The van der Waals surface area contributed by atoms with Gasteiger partial charge in [0, 0.05) is 6.42 Å². The average molecular weight is 200 g/mol. The minimum absolute atomic E-state index is 0.0225. The molecule has 0 saturated heterocycles. The predicted octanol–water partition coefficient (Wildman–Crippen LogP) is 2.33. The van der Waals surface area contributed by atoms with Gasteiger partial charge in [-0.1, -0.05) is 40.0 Å². The molecule has 14 heavy (non-hydrogen) atoms. The standard InChI is InChI=1S/C11H20O3/c1-5-11(6-2,7-3)8-9(12)10(13)14-4/h5-8H2,1-4H3. The summed E-state index contributed by atoms with van der Waals surface area (Å²) >= 11 is 0. The van der Waals surface area contributed by atoms with Gasteiger partial charge >= 0.3 is 5.97 Å². The second-order valence-corrected chi connectivity index (χ2v) is 3.65. The monoisotopic (exact) mass is 200 g/mol. The maximum absolute atomic E-state index is 11.4. The minimum atomic E-state index is -0.718. The summed E-state index contributed by atoms with van der Waals surface area (Å²) in [5.41, 5.74) is -0.0225. The molecule has 0 aliphatic carbocycles. The van der Waals surface area contributed by atoms with Crippen LogP contribution >= 0.6 is 0 Å². The molecule has 0 amide bonds. The molecule has 3 nitrogen and oxygen atoms in total. The lowest BCUT2D eigenvalue weighted by Crippen LogP contribution is -2.27. The van der Waals surface area contributed by atoms with E-state index in [2.05, 4.69) is 25.5 Å². The van der Waals surface area contributed by atoms with Crippen LogP contribution in [0.5, 0.6) is 0 Å². The maximum atomic E-state index is 11.4. The summed E-state index contributed by atoms with van der Waals surface area (Å²) in [5, 5.41) is 0. The van der Waals surface area contributed by atoms with E-state index in [1.165, 1.54) is 7.11 Å². The minimum Gasteiger partial charge on any atom is -0.463 e. The molecule has 0 saturated carbocycles. The number of rotatable bonds is 6. The van der Waals surface area contributed by atoms with Crippen LogP contribution in [-0.2, 0) is 14.3 Å². The van der Waals surface area contributed by atoms with Gasteiger partial charge in [0.25, 0.3) is 0 Å². The third-order valence-corrected chi connectivity index (χ3v) is 3.20. The number of hydrogen-bond acceptors (Lipinski definition) is 3. The van der Waals surface area contributed by atoms with Crippen LogP contribution in [0.25, 0.3) is 0 Å². The third-order valence-electron chi connectivity index (χ3n) is 3.20. The molecule has 0 rings (SSSR count). The van der Waals surface area contributed by atoms with Gasteiger partial charge in [-0.2, -0.15) is 0 Å². The molecular formula is C11H20O3. The van der Waals surface area contributed by atoms with Gasteiger partial charge in [-0.3, -0.25) is 4.79 Å². The summed E-state index contributed by atoms with van der Waals surface area (Å²) in [6, 6.07) is 0. The van der Waals surface area contributed by atoms with Gasteiger partial charge in [-0.15, -0.1) is 0 Å². The first-order chi connectivity index (χ1) is 6.55. The number of carbonyl (C=O) groups is 2. The molecule has 0 aromatic rings. The molecule has 0 fully saturated rings. The van der Waals surface area contributed by atoms with Crippen molar-refractivity contribution in [1.82, 2.24) is 0 Å². The van der Waals surface area contributed by atoms with E-state index >= 15 is 0 Å². The SMILES string of the molecule is CCC(CC)(CC)CC(=O)C(=O)OC. The summed E-state index contributed by atoms with van der Waals surface area (Å²) in [6.45, 7) is 6.16. The molecule has 0 heterocycles. The third kappa shape index (κ3) is 3.13. The van der Waals surface area contributed by atoms with Gasteiger partial charge in [0.1, 0.15) is 0 Å². The van der Waals surface area contributed by atoms with Crippen LogP contribution in [0.2, 0.25) is 0 Å². The van der Waals surface area contributed by atoms with Crippen LogP contribution in [0, 0.1) is 5.41 Å². The van der Waals surface area contributed by atoms with Crippen LogP contribution in [0.1, 0.15) is 46.5 Å². The van der Waals surface area contributed by atoms with Crippen molar-refractivity contribution < 1.29 is 14.3 Å². The highest BCUT2D eigenvalue weighted by Gasteiger charge is 2.30. The number of hydrogen-bond donors (Lipinski definition) is 0. The molecule has 0 unspecified atom stereocenters. The van der Waals surface area contributed by atoms with Crippen molar-refractivity contribution in [3.8, 4) is 0 Å². The van der Waals surface area contributed by atoms with E-state index in [-0.39, 0.29) is 5.41 Å². The zero-order valence-electron chi connectivity index (χ0n) is 9.55. The Labute approximate surface area is 85.8 Å². The highest BCUT2D eigenvalue weighted by atomic mass is 16.5. The number of carbonyl (C=O) groups excluding carboxylic acids is 2. The van der Waals surface area contributed by atoms with E-state index in [0.717, 1.165) is 19.3 Å². The van der Waals surface area contributed by atoms with Crippen LogP contribution in [0.3, 0.4) is 0 Å². The van der Waals surface area contributed by atoms with Crippen LogP contribution in [0.15, 0.2) is 0 Å². The summed E-state index contributed by atoms with van der Waals surface area (Å²) in [6.07, 6.45) is 3.07. The molecule has 0 spiro atoms. The second kappa shape index (κ2) is 5.78. The molecule has 0 N–H and O–H groups in total. The molecule has 82 valence electrons. The lowest BCUT2D eigenvalue weighted by molar-refractivity contribution is -0.152. The Morgan fingerprint density at radius 1 is 1.07 bits per heavy atom. The van der Waals surface area contributed by atoms with E-state index in [1.807, 2.05) is 0 Å². The summed E-state index contributed by atoms with van der Waals surface area (Å²) in [7, 11) is 1.24. The number of esters is 1. The summed E-state index contributed by atoms with van der Waals surface area (Å²) in [4.78, 5) is 22.4. The van der Waals surface area contributed by atoms with Crippen molar-refractivity contribution in [2.24, 2.45) is 5.41 Å². The van der Waals surface area contributed by atoms with Crippen molar-refractivity contribution in [2.75, 3.05) is 7.11 Å². The molecule has 0 aromatic heterocycles. The summed E-state index contributed by atoms with van der Waals surface area (Å²) < 4.78 is 4.40. The topological polar surface area (TPSA) is 43.4 Å². The molecule has 3 heteroatoms.